The van der Waals surface area contributed by atoms with Crippen LogP contribution in [0.5, 0.6) is 0 Å². The average Bonchev–Trinajstić information content (AvgIpc) is 2.79. The van der Waals surface area contributed by atoms with Crippen LogP contribution < -0.4 is 20.3 Å². The van der Waals surface area contributed by atoms with E-state index in [2.05, 4.69) is 20.3 Å². The van der Waals surface area contributed by atoms with Crippen LogP contribution in [0.3, 0.4) is 0 Å². The number of benzene rings is 2. The molecule has 0 atom stereocenters. The van der Waals surface area contributed by atoms with Gasteiger partial charge in [0, 0.05) is 38.3 Å². The second-order valence-corrected chi connectivity index (χ2v) is 9.15. The smallest absolute Gasteiger partial charge is 0.475 e. The van der Waals surface area contributed by atoms with Crippen molar-refractivity contribution in [1.82, 2.24) is 10.6 Å². The number of aliphatic carboxylic acids is 1. The van der Waals surface area contributed by atoms with Crippen molar-refractivity contribution in [1.29, 1.82) is 0 Å². The Labute approximate surface area is 201 Å². The molecule has 0 saturated carbocycles. The minimum absolute atomic E-state index is 0.227. The Balaban J connectivity index is 0.000000540. The van der Waals surface area contributed by atoms with Crippen molar-refractivity contribution in [3.05, 3.63) is 53.6 Å². The molecule has 0 aromatic heterocycles. The minimum Gasteiger partial charge on any atom is -0.475 e. The van der Waals surface area contributed by atoms with Gasteiger partial charge in [0.25, 0.3) is 15.9 Å². The molecule has 9 nitrogen and oxygen atoms in total. The number of rotatable bonds is 6. The van der Waals surface area contributed by atoms with Crippen LogP contribution in [0, 0.1) is 6.92 Å². The second kappa shape index (κ2) is 11.9. The van der Waals surface area contributed by atoms with Gasteiger partial charge >= 0.3 is 12.1 Å². The van der Waals surface area contributed by atoms with Gasteiger partial charge in [-0.05, 0) is 43.7 Å². The zero-order chi connectivity index (χ0) is 26.2. The van der Waals surface area contributed by atoms with E-state index in [1.54, 1.807) is 43.3 Å². The first kappa shape index (κ1) is 27.9. The third-order valence-corrected chi connectivity index (χ3v) is 6.45. The molecule has 1 aliphatic rings. The van der Waals surface area contributed by atoms with Gasteiger partial charge in [0.05, 0.1) is 16.3 Å². The van der Waals surface area contributed by atoms with Crippen LogP contribution in [-0.4, -0.2) is 64.3 Å². The van der Waals surface area contributed by atoms with E-state index in [1.807, 2.05) is 13.0 Å². The summed E-state index contributed by atoms with van der Waals surface area (Å²) in [6, 6.07) is 12.0. The molecule has 2 aromatic carbocycles. The summed E-state index contributed by atoms with van der Waals surface area (Å²) in [5.41, 5.74) is 2.27. The fraction of sp³-hybridized carbons (Fsp3) is 0.364. The maximum absolute atomic E-state index is 13.0. The highest BCUT2D eigenvalue weighted by Crippen LogP contribution is 2.30. The number of piperazine rings is 1. The summed E-state index contributed by atoms with van der Waals surface area (Å²) in [4.78, 5) is 23.5. The van der Waals surface area contributed by atoms with Crippen LogP contribution in [0.2, 0.25) is 0 Å². The second-order valence-electron chi connectivity index (χ2n) is 7.50. The van der Waals surface area contributed by atoms with E-state index in [0.717, 1.165) is 31.9 Å². The molecule has 1 fully saturated rings. The number of carbonyl (C=O) groups excluding carboxylic acids is 1. The molecule has 13 heteroatoms. The molecule has 0 unspecified atom stereocenters. The topological polar surface area (TPSA) is 128 Å². The number of nitrogens with zero attached hydrogens (tertiary/aromatic N) is 1. The van der Waals surface area contributed by atoms with Crippen LogP contribution in [0.25, 0.3) is 0 Å². The van der Waals surface area contributed by atoms with Gasteiger partial charge in [-0.2, -0.15) is 13.2 Å². The monoisotopic (exact) mass is 516 g/mol. The molecule has 1 heterocycles. The Morgan fingerprint density at radius 1 is 1.11 bits per heavy atom. The minimum atomic E-state index is -5.08. The summed E-state index contributed by atoms with van der Waals surface area (Å²) in [5.74, 6) is -2.99. The molecule has 1 amide bonds. The van der Waals surface area contributed by atoms with Crippen molar-refractivity contribution in [2.45, 2.75) is 24.9 Å². The summed E-state index contributed by atoms with van der Waals surface area (Å²) in [6.45, 7) is 7.28. The summed E-state index contributed by atoms with van der Waals surface area (Å²) < 4.78 is 60.5. The number of aryl methyl sites for hydroxylation is 1. The average molecular weight is 517 g/mol. The van der Waals surface area contributed by atoms with Gasteiger partial charge < -0.3 is 20.6 Å². The highest BCUT2D eigenvalue weighted by Gasteiger charge is 2.38. The first-order valence-electron chi connectivity index (χ1n) is 10.6. The predicted octanol–water partition coefficient (Wildman–Crippen LogP) is 2.59. The zero-order valence-corrected chi connectivity index (χ0v) is 20.0. The van der Waals surface area contributed by atoms with Gasteiger partial charge in [-0.15, -0.1) is 0 Å². The number of carbonyl (C=O) groups is 2. The number of hydrogen-bond donors (Lipinski definition) is 4. The number of amides is 1. The molecule has 35 heavy (non-hydrogen) atoms. The molecule has 4 N–H and O–H groups in total. The molecule has 1 aliphatic heterocycles. The van der Waals surface area contributed by atoms with Crippen molar-refractivity contribution in [3.63, 3.8) is 0 Å². The highest BCUT2D eigenvalue weighted by atomic mass is 32.2. The standard InChI is InChI=1S/C20H26N4O3S.C2HF3O2/c1-3-22-20(25)16-8-9-18(24-12-10-21-11-13-24)17(14-16)23-28(26,27)19-7-5-4-6-15(19)2;3-2(4,5)1(6)7/h4-9,14,21,23H,3,10-13H2,1-2H3,(H,22,25);(H,6,7). The van der Waals surface area contributed by atoms with Crippen LogP contribution in [-0.2, 0) is 14.8 Å². The van der Waals surface area contributed by atoms with Gasteiger partial charge in [-0.25, -0.2) is 13.2 Å². The Morgan fingerprint density at radius 3 is 2.26 bits per heavy atom. The van der Waals surface area contributed by atoms with Gasteiger partial charge in [-0.1, -0.05) is 18.2 Å². The number of alkyl halides is 3. The molecule has 2 aromatic rings. The van der Waals surface area contributed by atoms with Crippen LogP contribution >= 0.6 is 0 Å². The highest BCUT2D eigenvalue weighted by molar-refractivity contribution is 7.92. The normalized spacial score (nSPS) is 13.9. The largest absolute Gasteiger partial charge is 0.490 e. The molecule has 192 valence electrons. The summed E-state index contributed by atoms with van der Waals surface area (Å²) in [7, 11) is -3.78. The molecule has 0 radical (unpaired) electrons. The Kier molecular flexibility index (Phi) is 9.48. The van der Waals surface area contributed by atoms with E-state index in [0.29, 0.717) is 23.4 Å². The van der Waals surface area contributed by atoms with Gasteiger partial charge in [-0.3, -0.25) is 9.52 Å². The molecule has 0 aliphatic carbocycles. The summed E-state index contributed by atoms with van der Waals surface area (Å²) in [5, 5.41) is 13.2. The van der Waals surface area contributed by atoms with E-state index >= 15 is 0 Å². The number of carboxylic acids is 1. The number of anilines is 2. The first-order chi connectivity index (χ1) is 16.4. The Hall–Kier alpha value is -3.32. The van der Waals surface area contributed by atoms with Crippen molar-refractivity contribution in [2.24, 2.45) is 0 Å². The van der Waals surface area contributed by atoms with Gasteiger partial charge in [0.1, 0.15) is 0 Å². The number of nitrogens with one attached hydrogen (secondary N) is 3. The predicted molar refractivity (Wildman–Crippen MR) is 125 cm³/mol. The summed E-state index contributed by atoms with van der Waals surface area (Å²) >= 11 is 0. The van der Waals surface area contributed by atoms with E-state index in [-0.39, 0.29) is 10.8 Å². The maximum atomic E-state index is 13.0. The lowest BCUT2D eigenvalue weighted by Gasteiger charge is -2.31. The summed E-state index contributed by atoms with van der Waals surface area (Å²) in [6.07, 6.45) is -5.08. The molecular weight excluding hydrogens is 489 g/mol. The Morgan fingerprint density at radius 2 is 1.71 bits per heavy atom. The fourth-order valence-electron chi connectivity index (χ4n) is 3.26. The van der Waals surface area contributed by atoms with Crippen LogP contribution in [0.1, 0.15) is 22.8 Å². The van der Waals surface area contributed by atoms with E-state index in [1.165, 1.54) is 0 Å². The lowest BCUT2D eigenvalue weighted by Crippen LogP contribution is -2.43. The van der Waals surface area contributed by atoms with Crippen molar-refractivity contribution in [2.75, 3.05) is 42.3 Å². The maximum Gasteiger partial charge on any atom is 0.490 e. The number of carboxylic acid groups (broad SMARTS) is 1. The lowest BCUT2D eigenvalue weighted by molar-refractivity contribution is -0.192. The number of hydrogen-bond acceptors (Lipinski definition) is 6. The Bertz CT molecular complexity index is 1150. The fourth-order valence-corrected chi connectivity index (χ4v) is 4.57. The SMILES string of the molecule is CCNC(=O)c1ccc(N2CCNCC2)c(NS(=O)(=O)c2ccccc2C)c1.O=C(O)C(F)(F)F. The van der Waals surface area contributed by atoms with E-state index in [4.69, 9.17) is 9.90 Å². The van der Waals surface area contributed by atoms with Crippen molar-refractivity contribution in [3.8, 4) is 0 Å². The lowest BCUT2D eigenvalue weighted by atomic mass is 10.1. The molecule has 0 spiro atoms. The molecule has 1 saturated heterocycles. The van der Waals surface area contributed by atoms with E-state index in [9.17, 15) is 26.4 Å². The van der Waals surface area contributed by atoms with Gasteiger partial charge in [0.15, 0.2) is 0 Å². The van der Waals surface area contributed by atoms with Crippen molar-refractivity contribution < 1.29 is 36.3 Å². The van der Waals surface area contributed by atoms with Gasteiger partial charge in [0.2, 0.25) is 0 Å². The van der Waals surface area contributed by atoms with Crippen molar-refractivity contribution >= 4 is 33.3 Å². The molecule has 0 bridgehead atoms. The number of sulfonamides is 1. The van der Waals surface area contributed by atoms with E-state index < -0.39 is 22.2 Å². The number of halogens is 3. The quantitative estimate of drug-likeness (QED) is 0.465. The molecule has 3 rings (SSSR count). The zero-order valence-electron chi connectivity index (χ0n) is 19.1. The van der Waals surface area contributed by atoms with Crippen LogP contribution in [0.4, 0.5) is 24.5 Å². The third-order valence-electron chi connectivity index (χ3n) is 4.92. The molecular formula is C22H27F3N4O5S. The first-order valence-corrected chi connectivity index (χ1v) is 12.1. The third kappa shape index (κ3) is 7.86. The van der Waals surface area contributed by atoms with Crippen LogP contribution in [0.15, 0.2) is 47.4 Å².